The maximum atomic E-state index is 12.5. The lowest BCUT2D eigenvalue weighted by atomic mass is 9.92. The molecule has 1 aliphatic carbocycles. The fourth-order valence-electron chi connectivity index (χ4n) is 3.61. The number of aryl methyl sites for hydroxylation is 3. The van der Waals surface area contributed by atoms with Crippen LogP contribution in [-0.2, 0) is 30.8 Å². The second kappa shape index (κ2) is 9.82. The largest absolute Gasteiger partial charge is 0.486 e. The Kier molecular flexibility index (Phi) is 6.92. The van der Waals surface area contributed by atoms with Crippen LogP contribution in [-0.4, -0.2) is 30.9 Å². The minimum atomic E-state index is -0.326. The van der Waals surface area contributed by atoms with Crippen LogP contribution in [0.2, 0.25) is 0 Å². The van der Waals surface area contributed by atoms with Crippen molar-refractivity contribution in [2.45, 2.75) is 70.0 Å². The molecule has 9 heteroatoms. The fraction of sp³-hybridized carbons (Fsp3) is 0.455. The number of nitrogens with zero attached hydrogens (tertiary/aromatic N) is 4. The number of ether oxygens (including phenoxy) is 1. The number of thioether (sulfide) groups is 1. The third-order valence-electron chi connectivity index (χ3n) is 5.30. The molecule has 7 nitrogen and oxygen atoms in total. The van der Waals surface area contributed by atoms with E-state index in [1.54, 1.807) is 0 Å². The Hall–Kier alpha value is -2.39. The minimum Gasteiger partial charge on any atom is -0.486 e. The van der Waals surface area contributed by atoms with Gasteiger partial charge in [-0.25, -0.2) is 4.98 Å². The number of aromatic nitrogens is 4. The molecular weight excluding hydrogens is 430 g/mol. The van der Waals surface area contributed by atoms with Crippen molar-refractivity contribution < 1.29 is 9.53 Å². The van der Waals surface area contributed by atoms with Gasteiger partial charge >= 0.3 is 0 Å². The van der Waals surface area contributed by atoms with Crippen LogP contribution in [0.4, 0.5) is 5.13 Å². The number of carbonyl (C=O) groups is 1. The Morgan fingerprint density at radius 2 is 2.10 bits per heavy atom. The van der Waals surface area contributed by atoms with Gasteiger partial charge in [-0.1, -0.05) is 17.8 Å². The van der Waals surface area contributed by atoms with E-state index in [1.165, 1.54) is 47.1 Å². The molecule has 0 spiro atoms. The van der Waals surface area contributed by atoms with Crippen molar-refractivity contribution in [2.24, 2.45) is 0 Å². The van der Waals surface area contributed by atoms with Crippen LogP contribution >= 0.6 is 23.1 Å². The van der Waals surface area contributed by atoms with Gasteiger partial charge in [0.2, 0.25) is 5.91 Å². The summed E-state index contributed by atoms with van der Waals surface area (Å²) < 4.78 is 8.03. The topological polar surface area (TPSA) is 81.9 Å². The van der Waals surface area contributed by atoms with E-state index in [9.17, 15) is 4.79 Å². The highest BCUT2D eigenvalue weighted by Gasteiger charge is 2.21. The average Bonchev–Trinajstić information content (AvgIpc) is 3.37. The second-order valence-corrected chi connectivity index (χ2v) is 9.78. The van der Waals surface area contributed by atoms with Gasteiger partial charge in [-0.2, -0.15) is 0 Å². The van der Waals surface area contributed by atoms with E-state index in [2.05, 4.69) is 32.6 Å². The van der Waals surface area contributed by atoms with E-state index < -0.39 is 0 Å². The zero-order valence-electron chi connectivity index (χ0n) is 18.1. The summed E-state index contributed by atoms with van der Waals surface area (Å²) in [4.78, 5) is 16.8. The fourth-order valence-corrected chi connectivity index (χ4v) is 5.23. The van der Waals surface area contributed by atoms with Gasteiger partial charge in [-0.15, -0.1) is 21.5 Å². The van der Waals surface area contributed by atoms with Crippen LogP contribution < -0.4 is 10.1 Å². The molecule has 0 aliphatic heterocycles. The molecule has 0 saturated carbocycles. The first kappa shape index (κ1) is 21.8. The summed E-state index contributed by atoms with van der Waals surface area (Å²) in [5.41, 5.74) is 3.73. The van der Waals surface area contributed by atoms with E-state index in [0.717, 1.165) is 30.1 Å². The minimum absolute atomic E-state index is 0.100. The summed E-state index contributed by atoms with van der Waals surface area (Å²) in [5.74, 6) is 1.52. The third kappa shape index (κ3) is 5.27. The van der Waals surface area contributed by atoms with Gasteiger partial charge in [0.15, 0.2) is 16.1 Å². The maximum Gasteiger partial charge on any atom is 0.239 e. The van der Waals surface area contributed by atoms with Crippen molar-refractivity contribution in [3.63, 3.8) is 0 Å². The number of hydrogen-bond acceptors (Lipinski definition) is 7. The van der Waals surface area contributed by atoms with E-state index in [4.69, 9.17) is 4.74 Å². The molecule has 1 amide bonds. The van der Waals surface area contributed by atoms with Gasteiger partial charge in [0.1, 0.15) is 12.4 Å². The molecule has 0 radical (unpaired) electrons. The summed E-state index contributed by atoms with van der Waals surface area (Å²) in [6.45, 7) is 6.86. The van der Waals surface area contributed by atoms with Crippen molar-refractivity contribution in [3.8, 4) is 5.75 Å². The summed E-state index contributed by atoms with van der Waals surface area (Å²) in [7, 11) is 0. The molecule has 2 heterocycles. The monoisotopic (exact) mass is 457 g/mol. The molecule has 31 heavy (non-hydrogen) atoms. The Morgan fingerprint density at radius 1 is 1.29 bits per heavy atom. The first-order valence-electron chi connectivity index (χ1n) is 10.6. The molecule has 1 N–H and O–H groups in total. The number of hydrogen-bond donors (Lipinski definition) is 1. The molecule has 1 atom stereocenters. The first-order valence-corrected chi connectivity index (χ1v) is 12.4. The zero-order valence-corrected chi connectivity index (χ0v) is 19.7. The van der Waals surface area contributed by atoms with Crippen LogP contribution in [0.3, 0.4) is 0 Å². The summed E-state index contributed by atoms with van der Waals surface area (Å²) in [5, 5.41) is 14.4. The van der Waals surface area contributed by atoms with Crippen molar-refractivity contribution in [1.82, 2.24) is 19.7 Å². The number of thiazole rings is 1. The van der Waals surface area contributed by atoms with Crippen molar-refractivity contribution >= 4 is 34.1 Å². The van der Waals surface area contributed by atoms with Crippen molar-refractivity contribution in [1.29, 1.82) is 0 Å². The Labute approximate surface area is 190 Å². The molecule has 0 saturated heterocycles. The molecule has 1 aliphatic rings. The first-order chi connectivity index (χ1) is 15.0. The molecular formula is C22H27N5O2S2. The van der Waals surface area contributed by atoms with Crippen LogP contribution in [0, 0.1) is 6.92 Å². The van der Waals surface area contributed by atoms with Crippen LogP contribution in [0.25, 0.3) is 0 Å². The lowest BCUT2D eigenvalue weighted by molar-refractivity contribution is -0.115. The number of anilines is 1. The smallest absolute Gasteiger partial charge is 0.239 e. The molecule has 3 aromatic rings. The van der Waals surface area contributed by atoms with E-state index >= 15 is 0 Å². The quantitative estimate of drug-likeness (QED) is 0.496. The van der Waals surface area contributed by atoms with Gasteiger partial charge in [0, 0.05) is 11.9 Å². The number of nitrogens with one attached hydrogen (secondary N) is 1. The average molecular weight is 458 g/mol. The predicted molar refractivity (Wildman–Crippen MR) is 124 cm³/mol. The Bertz CT molecular complexity index is 1060. The van der Waals surface area contributed by atoms with E-state index in [1.807, 2.05) is 36.8 Å². The van der Waals surface area contributed by atoms with Gasteiger partial charge < -0.3 is 14.6 Å². The molecule has 0 unspecified atom stereocenters. The molecule has 164 valence electrons. The maximum absolute atomic E-state index is 12.5. The van der Waals surface area contributed by atoms with Crippen molar-refractivity contribution in [3.05, 3.63) is 46.2 Å². The van der Waals surface area contributed by atoms with Gasteiger partial charge in [-0.3, -0.25) is 4.79 Å². The summed E-state index contributed by atoms with van der Waals surface area (Å²) in [6.07, 6.45) is 4.80. The second-order valence-electron chi connectivity index (χ2n) is 7.61. The number of fused-ring (bicyclic) bond motifs is 1. The number of benzene rings is 1. The molecule has 0 fully saturated rings. The van der Waals surface area contributed by atoms with Crippen LogP contribution in [0.5, 0.6) is 5.75 Å². The van der Waals surface area contributed by atoms with Crippen LogP contribution in [0.1, 0.15) is 49.3 Å². The molecule has 2 aromatic heterocycles. The zero-order chi connectivity index (χ0) is 21.8. The molecule has 0 bridgehead atoms. The van der Waals surface area contributed by atoms with E-state index in [0.29, 0.717) is 23.4 Å². The third-order valence-corrected chi connectivity index (χ3v) is 7.25. The molecule has 4 rings (SSSR count). The lowest BCUT2D eigenvalue weighted by Crippen LogP contribution is -2.23. The number of rotatable bonds is 8. The van der Waals surface area contributed by atoms with Crippen LogP contribution in [0.15, 0.2) is 28.7 Å². The predicted octanol–water partition coefficient (Wildman–Crippen LogP) is 4.64. The number of amides is 1. The van der Waals surface area contributed by atoms with Crippen molar-refractivity contribution in [2.75, 3.05) is 5.32 Å². The highest BCUT2D eigenvalue weighted by molar-refractivity contribution is 8.00. The highest BCUT2D eigenvalue weighted by Crippen LogP contribution is 2.27. The highest BCUT2D eigenvalue weighted by atomic mass is 32.2. The standard InChI is InChI=1S/C22H27N5O2S2/c1-4-27-19(12-29-18-10-9-16-7-5-6-8-17(16)11-18)25-26-22(27)31-15(3)20(28)24-21-23-14(2)13-30-21/h9-11,13,15H,4-8,12H2,1-3H3,(H,23,24,28)/t15-/m1/s1. The lowest BCUT2D eigenvalue weighted by Gasteiger charge is -2.17. The van der Waals surface area contributed by atoms with Gasteiger partial charge in [-0.05, 0) is 69.7 Å². The Balaban J connectivity index is 1.38. The van der Waals surface area contributed by atoms with E-state index in [-0.39, 0.29) is 11.2 Å². The van der Waals surface area contributed by atoms with Gasteiger partial charge in [0.05, 0.1) is 10.9 Å². The van der Waals surface area contributed by atoms with Gasteiger partial charge in [0.25, 0.3) is 0 Å². The summed E-state index contributed by atoms with van der Waals surface area (Å²) >= 11 is 2.81. The molecule has 1 aromatic carbocycles. The number of carbonyl (C=O) groups excluding carboxylic acids is 1. The Morgan fingerprint density at radius 3 is 2.84 bits per heavy atom. The SMILES string of the molecule is CCn1c(COc2ccc3c(c2)CCCC3)nnc1S[C@H](C)C(=O)Nc1nc(C)cs1. The normalized spacial score (nSPS) is 14.2. The summed E-state index contributed by atoms with van der Waals surface area (Å²) in [6, 6.07) is 6.38.